The summed E-state index contributed by atoms with van der Waals surface area (Å²) < 4.78 is 6.85. The molecule has 1 aromatic carbocycles. The van der Waals surface area contributed by atoms with Gasteiger partial charge in [0.25, 0.3) is 5.56 Å². The summed E-state index contributed by atoms with van der Waals surface area (Å²) in [7, 11) is 1.53. The van der Waals surface area contributed by atoms with Crippen molar-refractivity contribution in [2.45, 2.75) is 13.5 Å². The number of aryl methyl sites for hydroxylation is 1. The zero-order valence-corrected chi connectivity index (χ0v) is 10.9. The molecule has 0 aliphatic carbocycles. The molecule has 0 spiro atoms. The lowest BCUT2D eigenvalue weighted by atomic mass is 10.1. The van der Waals surface area contributed by atoms with Crippen LogP contribution in [0.2, 0.25) is 0 Å². The van der Waals surface area contributed by atoms with E-state index in [1.165, 1.54) is 13.2 Å². The summed E-state index contributed by atoms with van der Waals surface area (Å²) in [4.78, 5) is 11.8. The van der Waals surface area contributed by atoms with Gasteiger partial charge in [-0.05, 0) is 30.7 Å². The third kappa shape index (κ3) is 2.66. The van der Waals surface area contributed by atoms with Crippen LogP contribution in [0.5, 0.6) is 5.75 Å². The lowest BCUT2D eigenvalue weighted by Gasteiger charge is -2.11. The fourth-order valence-electron chi connectivity index (χ4n) is 1.93. The van der Waals surface area contributed by atoms with Gasteiger partial charge in [-0.3, -0.25) is 4.79 Å². The van der Waals surface area contributed by atoms with Crippen LogP contribution in [0.4, 0.5) is 0 Å². The van der Waals surface area contributed by atoms with E-state index in [1.807, 2.05) is 19.1 Å². The molecule has 0 radical (unpaired) electrons. The molecular weight excluding hydrogens is 240 g/mol. The third-order valence-corrected chi connectivity index (χ3v) is 3.00. The smallest absolute Gasteiger partial charge is 0.251 e. The van der Waals surface area contributed by atoms with Crippen molar-refractivity contribution < 1.29 is 4.74 Å². The first kappa shape index (κ1) is 12.9. The Morgan fingerprint density at radius 3 is 2.74 bits per heavy atom. The summed E-state index contributed by atoms with van der Waals surface area (Å²) >= 11 is 0. The van der Waals surface area contributed by atoms with Crippen molar-refractivity contribution in [3.63, 3.8) is 0 Å². The molecule has 0 amide bonds. The van der Waals surface area contributed by atoms with Gasteiger partial charge in [0.2, 0.25) is 0 Å². The number of pyridine rings is 1. The van der Waals surface area contributed by atoms with Crippen LogP contribution in [0.25, 0.3) is 0 Å². The van der Waals surface area contributed by atoms with Crippen molar-refractivity contribution in [2.24, 2.45) is 0 Å². The number of hydrogen-bond donors (Lipinski definition) is 0. The van der Waals surface area contributed by atoms with E-state index in [1.54, 1.807) is 22.8 Å². The Kier molecular flexibility index (Phi) is 3.67. The van der Waals surface area contributed by atoms with Crippen LogP contribution in [0, 0.1) is 18.3 Å². The van der Waals surface area contributed by atoms with Crippen molar-refractivity contribution in [1.29, 1.82) is 5.26 Å². The highest BCUT2D eigenvalue weighted by atomic mass is 16.5. The molecule has 0 aliphatic heterocycles. The first-order valence-corrected chi connectivity index (χ1v) is 5.89. The summed E-state index contributed by atoms with van der Waals surface area (Å²) in [6, 6.07) is 12.6. The molecule has 0 saturated heterocycles. The Morgan fingerprint density at radius 2 is 2.11 bits per heavy atom. The van der Waals surface area contributed by atoms with Gasteiger partial charge < -0.3 is 9.30 Å². The molecule has 4 heteroatoms. The van der Waals surface area contributed by atoms with Crippen LogP contribution >= 0.6 is 0 Å². The van der Waals surface area contributed by atoms with Gasteiger partial charge in [-0.25, -0.2) is 0 Å². The van der Waals surface area contributed by atoms with Crippen LogP contribution in [0.15, 0.2) is 41.2 Å². The quantitative estimate of drug-likeness (QED) is 0.842. The number of hydrogen-bond acceptors (Lipinski definition) is 3. The summed E-state index contributed by atoms with van der Waals surface area (Å²) in [6.45, 7) is 2.36. The number of ether oxygens (including phenoxy) is 1. The normalized spacial score (nSPS) is 9.95. The summed E-state index contributed by atoms with van der Waals surface area (Å²) in [5, 5.41) is 8.93. The van der Waals surface area contributed by atoms with Crippen molar-refractivity contribution >= 4 is 0 Å². The van der Waals surface area contributed by atoms with E-state index in [0.717, 1.165) is 11.3 Å². The van der Waals surface area contributed by atoms with E-state index in [4.69, 9.17) is 10.00 Å². The molecule has 96 valence electrons. The molecule has 2 aromatic rings. The lowest BCUT2D eigenvalue weighted by Crippen LogP contribution is -2.21. The first-order chi connectivity index (χ1) is 9.15. The number of aromatic nitrogens is 1. The molecule has 4 nitrogen and oxygen atoms in total. The van der Waals surface area contributed by atoms with Crippen molar-refractivity contribution in [1.82, 2.24) is 4.57 Å². The molecule has 0 bridgehead atoms. The predicted octanol–water partition coefficient (Wildman–Crippen LogP) is 2.09. The Balaban J connectivity index is 2.40. The Labute approximate surface area is 111 Å². The van der Waals surface area contributed by atoms with Gasteiger partial charge in [0.1, 0.15) is 11.8 Å². The van der Waals surface area contributed by atoms with Gasteiger partial charge in [0, 0.05) is 11.8 Å². The number of nitriles is 1. The lowest BCUT2D eigenvalue weighted by molar-refractivity contribution is 0.412. The van der Waals surface area contributed by atoms with Gasteiger partial charge >= 0.3 is 0 Å². The second-order valence-corrected chi connectivity index (χ2v) is 4.24. The second kappa shape index (κ2) is 5.40. The summed E-state index contributed by atoms with van der Waals surface area (Å²) in [6.07, 6.45) is 0. The highest BCUT2D eigenvalue weighted by molar-refractivity contribution is 5.45. The zero-order valence-electron chi connectivity index (χ0n) is 10.9. The van der Waals surface area contributed by atoms with E-state index < -0.39 is 0 Å². The fourth-order valence-corrected chi connectivity index (χ4v) is 1.93. The molecule has 0 fully saturated rings. The van der Waals surface area contributed by atoms with E-state index in [-0.39, 0.29) is 5.56 Å². The molecule has 2 rings (SSSR count). The Bertz CT molecular complexity index is 696. The van der Waals surface area contributed by atoms with Crippen LogP contribution in [0.1, 0.15) is 16.8 Å². The average molecular weight is 254 g/mol. The number of rotatable bonds is 3. The standard InChI is InChI=1S/C15H14N2O2/c1-11-4-3-5-15(18)17(11)10-12-6-7-13(9-16)14(8-12)19-2/h3-8H,10H2,1-2H3. The van der Waals surface area contributed by atoms with E-state index >= 15 is 0 Å². The number of benzene rings is 1. The molecule has 0 N–H and O–H groups in total. The highest BCUT2D eigenvalue weighted by Crippen LogP contribution is 2.19. The molecular formula is C15H14N2O2. The minimum absolute atomic E-state index is 0.0386. The van der Waals surface area contributed by atoms with Crippen LogP contribution in [0.3, 0.4) is 0 Å². The van der Waals surface area contributed by atoms with Crippen molar-refractivity contribution in [2.75, 3.05) is 7.11 Å². The van der Waals surface area contributed by atoms with Crippen LogP contribution in [-0.4, -0.2) is 11.7 Å². The van der Waals surface area contributed by atoms with Crippen molar-refractivity contribution in [3.8, 4) is 11.8 Å². The van der Waals surface area contributed by atoms with Crippen molar-refractivity contribution in [3.05, 3.63) is 63.6 Å². The van der Waals surface area contributed by atoms with Gasteiger partial charge in [0.15, 0.2) is 0 Å². The fraction of sp³-hybridized carbons (Fsp3) is 0.200. The SMILES string of the molecule is COc1cc(Cn2c(C)cccc2=O)ccc1C#N. The largest absolute Gasteiger partial charge is 0.495 e. The van der Waals surface area contributed by atoms with Gasteiger partial charge in [0.05, 0.1) is 19.2 Å². The molecule has 0 aliphatic rings. The highest BCUT2D eigenvalue weighted by Gasteiger charge is 2.06. The summed E-state index contributed by atoms with van der Waals surface area (Å²) in [5.74, 6) is 0.529. The van der Waals surface area contributed by atoms with Gasteiger partial charge in [-0.1, -0.05) is 12.1 Å². The number of nitrogens with zero attached hydrogens (tertiary/aromatic N) is 2. The van der Waals surface area contributed by atoms with E-state index in [9.17, 15) is 4.79 Å². The van der Waals surface area contributed by atoms with Gasteiger partial charge in [-0.15, -0.1) is 0 Å². The predicted molar refractivity (Wildman–Crippen MR) is 72.3 cm³/mol. The van der Waals surface area contributed by atoms with Gasteiger partial charge in [-0.2, -0.15) is 5.26 Å². The topological polar surface area (TPSA) is 55.0 Å². The minimum Gasteiger partial charge on any atom is -0.495 e. The molecule has 0 atom stereocenters. The first-order valence-electron chi connectivity index (χ1n) is 5.89. The monoisotopic (exact) mass is 254 g/mol. The van der Waals surface area contributed by atoms with Crippen LogP contribution < -0.4 is 10.3 Å². The molecule has 1 aromatic heterocycles. The summed E-state index contributed by atoms with van der Waals surface area (Å²) in [5.41, 5.74) is 2.27. The third-order valence-electron chi connectivity index (χ3n) is 3.00. The van der Waals surface area contributed by atoms with E-state index in [0.29, 0.717) is 17.9 Å². The molecule has 19 heavy (non-hydrogen) atoms. The Morgan fingerprint density at radius 1 is 1.32 bits per heavy atom. The number of methoxy groups -OCH3 is 1. The maximum Gasteiger partial charge on any atom is 0.251 e. The molecule has 0 saturated carbocycles. The zero-order chi connectivity index (χ0) is 13.8. The van der Waals surface area contributed by atoms with E-state index in [2.05, 4.69) is 6.07 Å². The second-order valence-electron chi connectivity index (χ2n) is 4.24. The Hall–Kier alpha value is -2.54. The molecule has 0 unspecified atom stereocenters. The minimum atomic E-state index is -0.0386. The average Bonchev–Trinajstić information content (AvgIpc) is 2.42. The molecule has 1 heterocycles. The maximum absolute atomic E-state index is 11.8. The van der Waals surface area contributed by atoms with Crippen LogP contribution in [-0.2, 0) is 6.54 Å². The maximum atomic E-state index is 11.8.